The molecule has 152 valence electrons. The number of carbonyl (C=O) groups excluding carboxylic acids is 1. The third kappa shape index (κ3) is 4.99. The summed E-state index contributed by atoms with van der Waals surface area (Å²) in [6.07, 6.45) is 4.08. The van der Waals surface area contributed by atoms with Gasteiger partial charge in [-0.2, -0.15) is 4.98 Å². The first-order valence-corrected chi connectivity index (χ1v) is 9.74. The van der Waals surface area contributed by atoms with Crippen LogP contribution in [0.5, 0.6) is 5.75 Å². The van der Waals surface area contributed by atoms with Crippen molar-refractivity contribution in [2.45, 2.75) is 45.4 Å². The van der Waals surface area contributed by atoms with Gasteiger partial charge >= 0.3 is 6.01 Å². The number of hydrogen-bond donors (Lipinski definition) is 1. The molecule has 1 saturated heterocycles. The minimum absolute atomic E-state index is 0.124. The molecule has 28 heavy (non-hydrogen) atoms. The van der Waals surface area contributed by atoms with Crippen LogP contribution in [0.15, 0.2) is 22.7 Å². The Morgan fingerprint density at radius 2 is 2.14 bits per heavy atom. The standard InChI is InChI=1S/C20H27FN4O3/c1-13(2)19-23-20(28-24-19)25-9-7-14(8-10-25)4-3-11-27-15-5-6-16(18(22)26)17(21)12-15/h5-6,12-14H,3-4,7-11H2,1-2H3,(H2,22,26). The second-order valence-corrected chi connectivity index (χ2v) is 7.52. The first kappa shape index (κ1) is 20.1. The molecular weight excluding hydrogens is 363 g/mol. The summed E-state index contributed by atoms with van der Waals surface area (Å²) in [5.41, 5.74) is 4.97. The number of aromatic nitrogens is 2. The number of anilines is 1. The van der Waals surface area contributed by atoms with Gasteiger partial charge in [-0.3, -0.25) is 4.79 Å². The number of primary amides is 1. The lowest BCUT2D eigenvalue weighted by atomic mass is 9.92. The van der Waals surface area contributed by atoms with E-state index in [0.29, 0.717) is 24.3 Å². The van der Waals surface area contributed by atoms with Crippen molar-refractivity contribution in [1.29, 1.82) is 0 Å². The van der Waals surface area contributed by atoms with Gasteiger partial charge in [-0.25, -0.2) is 4.39 Å². The summed E-state index contributed by atoms with van der Waals surface area (Å²) in [6.45, 7) is 6.42. The Labute approximate surface area is 164 Å². The number of halogens is 1. The second kappa shape index (κ2) is 9.03. The summed E-state index contributed by atoms with van der Waals surface area (Å²) in [5, 5.41) is 4.02. The zero-order valence-electron chi connectivity index (χ0n) is 16.4. The lowest BCUT2D eigenvalue weighted by Gasteiger charge is -2.30. The van der Waals surface area contributed by atoms with Gasteiger partial charge in [0.2, 0.25) is 0 Å². The Morgan fingerprint density at radius 1 is 1.39 bits per heavy atom. The number of rotatable bonds is 8. The van der Waals surface area contributed by atoms with Gasteiger partial charge in [0.05, 0.1) is 12.2 Å². The van der Waals surface area contributed by atoms with Crippen LogP contribution < -0.4 is 15.4 Å². The van der Waals surface area contributed by atoms with Crippen LogP contribution in [-0.4, -0.2) is 35.7 Å². The maximum atomic E-state index is 13.7. The Balaban J connectivity index is 1.37. The number of piperidine rings is 1. The lowest BCUT2D eigenvalue weighted by Crippen LogP contribution is -2.34. The van der Waals surface area contributed by atoms with Gasteiger partial charge in [0, 0.05) is 25.1 Å². The van der Waals surface area contributed by atoms with Crippen LogP contribution in [-0.2, 0) is 0 Å². The highest BCUT2D eigenvalue weighted by Gasteiger charge is 2.23. The third-order valence-electron chi connectivity index (χ3n) is 5.06. The Hall–Kier alpha value is -2.64. The molecule has 0 bridgehead atoms. The highest BCUT2D eigenvalue weighted by molar-refractivity contribution is 5.93. The number of nitrogens with two attached hydrogens (primary N) is 1. The molecule has 2 heterocycles. The number of amides is 1. The maximum absolute atomic E-state index is 13.7. The van der Waals surface area contributed by atoms with Gasteiger partial charge in [-0.1, -0.05) is 19.0 Å². The van der Waals surface area contributed by atoms with E-state index in [2.05, 4.69) is 15.0 Å². The molecule has 0 atom stereocenters. The number of benzene rings is 1. The predicted octanol–water partition coefficient (Wildman–Crippen LogP) is 3.51. The molecule has 0 aliphatic carbocycles. The van der Waals surface area contributed by atoms with E-state index in [1.807, 2.05) is 13.8 Å². The largest absolute Gasteiger partial charge is 0.493 e. The van der Waals surface area contributed by atoms with E-state index in [4.69, 9.17) is 15.0 Å². The van der Waals surface area contributed by atoms with Crippen LogP contribution in [0.3, 0.4) is 0 Å². The van der Waals surface area contributed by atoms with Gasteiger partial charge in [0.1, 0.15) is 11.6 Å². The SMILES string of the molecule is CC(C)c1noc(N2CCC(CCCOc3ccc(C(N)=O)c(F)c3)CC2)n1. The van der Waals surface area contributed by atoms with E-state index in [9.17, 15) is 9.18 Å². The molecular formula is C20H27FN4O3. The smallest absolute Gasteiger partial charge is 0.324 e. The highest BCUT2D eigenvalue weighted by atomic mass is 19.1. The van der Waals surface area contributed by atoms with Crippen molar-refractivity contribution < 1.29 is 18.4 Å². The topological polar surface area (TPSA) is 94.5 Å². The predicted molar refractivity (Wildman–Crippen MR) is 103 cm³/mol. The van der Waals surface area contributed by atoms with Crippen molar-refractivity contribution in [3.05, 3.63) is 35.4 Å². The van der Waals surface area contributed by atoms with Crippen molar-refractivity contribution in [3.63, 3.8) is 0 Å². The summed E-state index contributed by atoms with van der Waals surface area (Å²) >= 11 is 0. The second-order valence-electron chi connectivity index (χ2n) is 7.52. The van der Waals surface area contributed by atoms with Crippen molar-refractivity contribution in [3.8, 4) is 5.75 Å². The van der Waals surface area contributed by atoms with E-state index in [0.717, 1.165) is 44.6 Å². The van der Waals surface area contributed by atoms with E-state index >= 15 is 0 Å². The summed E-state index contributed by atoms with van der Waals surface area (Å²) in [5.74, 6) is 0.608. The molecule has 0 radical (unpaired) electrons. The van der Waals surface area contributed by atoms with E-state index in [-0.39, 0.29) is 11.5 Å². The van der Waals surface area contributed by atoms with E-state index in [1.54, 1.807) is 6.07 Å². The fraction of sp³-hybridized carbons (Fsp3) is 0.550. The van der Waals surface area contributed by atoms with Crippen molar-refractivity contribution in [1.82, 2.24) is 10.1 Å². The monoisotopic (exact) mass is 390 g/mol. The molecule has 2 N–H and O–H groups in total. The minimum atomic E-state index is -0.781. The summed E-state index contributed by atoms with van der Waals surface area (Å²) in [6, 6.07) is 4.74. The Kier molecular flexibility index (Phi) is 6.49. The zero-order valence-corrected chi connectivity index (χ0v) is 16.4. The Bertz CT molecular complexity index is 800. The Morgan fingerprint density at radius 3 is 2.75 bits per heavy atom. The molecule has 1 aromatic carbocycles. The average Bonchev–Trinajstić information content (AvgIpc) is 3.16. The van der Waals surface area contributed by atoms with E-state index < -0.39 is 11.7 Å². The fourth-order valence-electron chi connectivity index (χ4n) is 3.35. The number of hydrogen-bond acceptors (Lipinski definition) is 6. The molecule has 1 aliphatic heterocycles. The first-order chi connectivity index (χ1) is 13.4. The average molecular weight is 390 g/mol. The third-order valence-corrected chi connectivity index (χ3v) is 5.06. The number of ether oxygens (including phenoxy) is 1. The highest BCUT2D eigenvalue weighted by Crippen LogP contribution is 2.26. The first-order valence-electron chi connectivity index (χ1n) is 9.74. The number of nitrogens with zero attached hydrogens (tertiary/aromatic N) is 3. The molecule has 2 aromatic rings. The zero-order chi connectivity index (χ0) is 20.1. The quantitative estimate of drug-likeness (QED) is 0.693. The normalized spacial score (nSPS) is 15.2. The van der Waals surface area contributed by atoms with Gasteiger partial charge < -0.3 is 19.9 Å². The molecule has 1 aromatic heterocycles. The molecule has 1 fully saturated rings. The van der Waals surface area contributed by atoms with Crippen LogP contribution in [0.2, 0.25) is 0 Å². The van der Waals surface area contributed by atoms with Crippen molar-refractivity contribution >= 4 is 11.9 Å². The number of carbonyl (C=O) groups is 1. The van der Waals surface area contributed by atoms with Crippen LogP contribution in [0.4, 0.5) is 10.4 Å². The van der Waals surface area contributed by atoms with Crippen LogP contribution in [0.1, 0.15) is 61.6 Å². The van der Waals surface area contributed by atoms with Crippen LogP contribution in [0, 0.1) is 11.7 Å². The molecule has 1 amide bonds. The molecule has 0 saturated carbocycles. The molecule has 1 aliphatic rings. The fourth-order valence-corrected chi connectivity index (χ4v) is 3.35. The van der Waals surface area contributed by atoms with Gasteiger partial charge in [-0.05, 0) is 43.7 Å². The maximum Gasteiger partial charge on any atom is 0.324 e. The van der Waals surface area contributed by atoms with Crippen molar-refractivity contribution in [2.24, 2.45) is 11.7 Å². The molecule has 0 unspecified atom stereocenters. The molecule has 8 heteroatoms. The minimum Gasteiger partial charge on any atom is -0.493 e. The van der Waals surface area contributed by atoms with Crippen LogP contribution in [0.25, 0.3) is 0 Å². The summed E-state index contributed by atoms with van der Waals surface area (Å²) < 4.78 is 24.7. The van der Waals surface area contributed by atoms with E-state index in [1.165, 1.54) is 12.1 Å². The molecule has 3 rings (SSSR count). The molecule has 7 nitrogen and oxygen atoms in total. The van der Waals surface area contributed by atoms with Gasteiger partial charge in [0.15, 0.2) is 5.82 Å². The lowest BCUT2D eigenvalue weighted by molar-refractivity contribution is 0.0996. The summed E-state index contributed by atoms with van der Waals surface area (Å²) in [4.78, 5) is 17.6. The van der Waals surface area contributed by atoms with Gasteiger partial charge in [0.25, 0.3) is 5.91 Å². The van der Waals surface area contributed by atoms with Gasteiger partial charge in [-0.15, -0.1) is 0 Å². The summed E-state index contributed by atoms with van der Waals surface area (Å²) in [7, 11) is 0. The van der Waals surface area contributed by atoms with Crippen molar-refractivity contribution in [2.75, 3.05) is 24.6 Å². The molecule has 0 spiro atoms. The van der Waals surface area contributed by atoms with Crippen LogP contribution >= 0.6 is 0 Å².